The van der Waals surface area contributed by atoms with E-state index in [0.29, 0.717) is 6.79 Å². The lowest BCUT2D eigenvalue weighted by atomic mass is 10.3. The minimum atomic E-state index is 0.459. The van der Waals surface area contributed by atoms with Gasteiger partial charge in [0.1, 0.15) is 6.79 Å². The molecule has 15 heavy (non-hydrogen) atoms. The molecular formula is C13H26O2. The number of ether oxygens (including phenoxy) is 2. The van der Waals surface area contributed by atoms with Gasteiger partial charge in [-0.3, -0.25) is 0 Å². The third-order valence-electron chi connectivity index (χ3n) is 1.62. The molecule has 0 saturated heterocycles. The number of rotatable bonds is 7. The number of hydrogen-bond donors (Lipinski definition) is 0. The normalized spacial score (nSPS) is 8.80. The first-order chi connectivity index (χ1) is 7.18. The van der Waals surface area contributed by atoms with E-state index in [4.69, 9.17) is 9.47 Å². The topological polar surface area (TPSA) is 18.5 Å². The van der Waals surface area contributed by atoms with Gasteiger partial charge in [-0.2, -0.15) is 0 Å². The van der Waals surface area contributed by atoms with Gasteiger partial charge in [-0.05, 0) is 32.8 Å². The van der Waals surface area contributed by atoms with Crippen LogP contribution in [0.1, 0.15) is 47.0 Å². The molecule has 0 aliphatic carbocycles. The molecule has 90 valence electrons. The molecule has 0 amide bonds. The van der Waals surface area contributed by atoms with Crippen LogP contribution in [-0.2, 0) is 9.47 Å². The highest BCUT2D eigenvalue weighted by molar-refractivity contribution is 4.87. The summed E-state index contributed by atoms with van der Waals surface area (Å²) in [7, 11) is 0. The second-order valence-electron chi connectivity index (χ2n) is 3.40. The van der Waals surface area contributed by atoms with Crippen molar-refractivity contribution in [2.24, 2.45) is 0 Å². The van der Waals surface area contributed by atoms with Gasteiger partial charge in [0.2, 0.25) is 0 Å². The molecule has 0 aromatic carbocycles. The van der Waals surface area contributed by atoms with E-state index >= 15 is 0 Å². The lowest BCUT2D eigenvalue weighted by molar-refractivity contribution is -0.0501. The van der Waals surface area contributed by atoms with Gasteiger partial charge < -0.3 is 9.47 Å². The van der Waals surface area contributed by atoms with E-state index in [9.17, 15) is 0 Å². The van der Waals surface area contributed by atoms with E-state index in [2.05, 4.69) is 19.2 Å². The summed E-state index contributed by atoms with van der Waals surface area (Å²) in [6.45, 7) is 13.5. The van der Waals surface area contributed by atoms with Crippen molar-refractivity contribution in [2.75, 3.05) is 20.0 Å². The lowest BCUT2D eigenvalue weighted by Gasteiger charge is -2.01. The van der Waals surface area contributed by atoms with E-state index in [-0.39, 0.29) is 0 Å². The first-order valence-electron chi connectivity index (χ1n) is 5.67. The highest BCUT2D eigenvalue weighted by atomic mass is 16.7. The Morgan fingerprint density at radius 2 is 1.73 bits per heavy atom. The maximum atomic E-state index is 5.15. The summed E-state index contributed by atoms with van der Waals surface area (Å²) in [6.07, 6.45) is 3.66. The maximum absolute atomic E-state index is 5.15. The molecule has 0 aromatic rings. The molecule has 0 aliphatic heterocycles. The zero-order valence-electron chi connectivity index (χ0n) is 10.8. The summed E-state index contributed by atoms with van der Waals surface area (Å²) in [6, 6.07) is 0. The highest BCUT2D eigenvalue weighted by Crippen LogP contribution is 1.93. The largest absolute Gasteiger partial charge is 0.356 e. The van der Waals surface area contributed by atoms with Gasteiger partial charge in [0.05, 0.1) is 0 Å². The van der Waals surface area contributed by atoms with Crippen LogP contribution in [0, 0.1) is 0 Å². The molecule has 0 aliphatic rings. The Morgan fingerprint density at radius 1 is 1.13 bits per heavy atom. The van der Waals surface area contributed by atoms with Gasteiger partial charge in [0.25, 0.3) is 0 Å². The van der Waals surface area contributed by atoms with Crippen molar-refractivity contribution in [3.05, 3.63) is 17.9 Å². The number of allylic oxidation sites excluding steroid dienone is 1. The molecule has 0 saturated carbocycles. The number of hydrogen-bond acceptors (Lipinski definition) is 2. The molecule has 0 atom stereocenters. The fraction of sp³-hybridized carbons (Fsp3) is 0.769. The average molecular weight is 214 g/mol. The minimum Gasteiger partial charge on any atom is -0.356 e. The van der Waals surface area contributed by atoms with Crippen LogP contribution in [0.4, 0.5) is 0 Å². The van der Waals surface area contributed by atoms with E-state index in [1.807, 2.05) is 20.8 Å². The Kier molecular flexibility index (Phi) is 17.9. The van der Waals surface area contributed by atoms with Crippen LogP contribution in [0.5, 0.6) is 0 Å². The molecule has 0 spiro atoms. The zero-order valence-corrected chi connectivity index (χ0v) is 10.8. The minimum absolute atomic E-state index is 0.459. The predicted molar refractivity (Wildman–Crippen MR) is 66.0 cm³/mol. The predicted octanol–water partition coefficient (Wildman–Crippen LogP) is 3.92. The van der Waals surface area contributed by atoms with Gasteiger partial charge in [0, 0.05) is 13.2 Å². The average Bonchev–Trinajstić information content (AvgIpc) is 2.24. The van der Waals surface area contributed by atoms with Gasteiger partial charge >= 0.3 is 0 Å². The molecule has 0 heterocycles. The maximum Gasteiger partial charge on any atom is 0.146 e. The molecule has 0 radical (unpaired) electrons. The second kappa shape index (κ2) is 15.9. The molecule has 0 rings (SSSR count). The van der Waals surface area contributed by atoms with E-state index in [1.165, 1.54) is 12.8 Å². The van der Waals surface area contributed by atoms with Crippen molar-refractivity contribution < 1.29 is 9.47 Å². The monoisotopic (exact) mass is 214 g/mol. The van der Waals surface area contributed by atoms with Crippen molar-refractivity contribution in [2.45, 2.75) is 47.0 Å². The molecule has 0 N–H and O–H groups in total. The molecule has 0 fully saturated rings. The van der Waals surface area contributed by atoms with Crippen molar-refractivity contribution >= 4 is 0 Å². The van der Waals surface area contributed by atoms with Crippen LogP contribution in [0.25, 0.3) is 0 Å². The second-order valence-corrected chi connectivity index (χ2v) is 3.40. The summed E-state index contributed by atoms with van der Waals surface area (Å²) in [5, 5.41) is 0. The smallest absolute Gasteiger partial charge is 0.146 e. The fourth-order valence-corrected chi connectivity index (χ4v) is 0.655. The zero-order chi connectivity index (χ0) is 11.9. The molecule has 2 heteroatoms. The summed E-state index contributed by atoms with van der Waals surface area (Å²) in [5.74, 6) is 0. The van der Waals surface area contributed by atoms with Crippen LogP contribution in [-0.4, -0.2) is 20.0 Å². The molecular weight excluding hydrogens is 188 g/mol. The van der Waals surface area contributed by atoms with Crippen LogP contribution < -0.4 is 0 Å². The lowest BCUT2D eigenvalue weighted by Crippen LogP contribution is -2.00. The van der Waals surface area contributed by atoms with E-state index in [1.54, 1.807) is 0 Å². The third-order valence-corrected chi connectivity index (χ3v) is 1.62. The van der Waals surface area contributed by atoms with Gasteiger partial charge in [-0.25, -0.2) is 0 Å². The number of unbranched alkanes of at least 4 members (excludes halogenated alkanes) is 2. The standard InChI is InChI=1S/C8H18O2.C5H8/c1-3-5-6-7-10-8-9-4-2;1-4-5(2)3/h3-8H2,1-2H3;1H2,2-3H3. The highest BCUT2D eigenvalue weighted by Gasteiger charge is 1.86. The Morgan fingerprint density at radius 3 is 2.13 bits per heavy atom. The Hall–Kier alpha value is -0.560. The van der Waals surface area contributed by atoms with Crippen LogP contribution in [0.2, 0.25) is 0 Å². The molecule has 0 unspecified atom stereocenters. The SMILES string of the molecule is C=C=C(C)C.CCCCCOCOCC. The van der Waals surface area contributed by atoms with E-state index < -0.39 is 0 Å². The van der Waals surface area contributed by atoms with Crippen LogP contribution >= 0.6 is 0 Å². The van der Waals surface area contributed by atoms with Gasteiger partial charge in [0.15, 0.2) is 0 Å². The Labute approximate surface area is 95.0 Å². The van der Waals surface area contributed by atoms with Gasteiger partial charge in [-0.1, -0.05) is 26.3 Å². The van der Waals surface area contributed by atoms with Crippen molar-refractivity contribution in [1.29, 1.82) is 0 Å². The van der Waals surface area contributed by atoms with Crippen molar-refractivity contribution in [1.82, 2.24) is 0 Å². The third kappa shape index (κ3) is 24.7. The molecule has 2 nitrogen and oxygen atoms in total. The van der Waals surface area contributed by atoms with Crippen molar-refractivity contribution in [3.63, 3.8) is 0 Å². The molecule has 0 aromatic heterocycles. The first kappa shape index (κ1) is 16.9. The Balaban J connectivity index is 0. The fourth-order valence-electron chi connectivity index (χ4n) is 0.655. The van der Waals surface area contributed by atoms with Crippen LogP contribution in [0.15, 0.2) is 17.9 Å². The van der Waals surface area contributed by atoms with Crippen LogP contribution in [0.3, 0.4) is 0 Å². The summed E-state index contributed by atoms with van der Waals surface area (Å²) >= 11 is 0. The summed E-state index contributed by atoms with van der Waals surface area (Å²) in [4.78, 5) is 0. The van der Waals surface area contributed by atoms with E-state index in [0.717, 1.165) is 25.2 Å². The summed E-state index contributed by atoms with van der Waals surface area (Å²) in [5.41, 5.74) is 3.84. The van der Waals surface area contributed by atoms with Crippen molar-refractivity contribution in [3.8, 4) is 0 Å². The Bertz CT molecular complexity index is 146. The summed E-state index contributed by atoms with van der Waals surface area (Å²) < 4.78 is 10.1. The first-order valence-corrected chi connectivity index (χ1v) is 5.67. The molecule has 0 bridgehead atoms. The van der Waals surface area contributed by atoms with Gasteiger partial charge in [-0.15, -0.1) is 5.73 Å². The quantitative estimate of drug-likeness (QED) is 0.363.